The zero-order valence-corrected chi connectivity index (χ0v) is 16.9. The summed E-state index contributed by atoms with van der Waals surface area (Å²) in [7, 11) is 0. The van der Waals surface area contributed by atoms with E-state index in [0.717, 1.165) is 51.1 Å². The number of hydrogen-bond acceptors (Lipinski definition) is 2. The standard InChI is InChI=1S/C16H34N4.HI/c1-6-17-16(20-11-9-10-14(4)13-20)18-12-15(5)19(7-2)8-3;/h14-15H,6-13H2,1-5H3,(H,17,18);1H. The highest BCUT2D eigenvalue weighted by atomic mass is 127. The number of likely N-dealkylation sites (N-methyl/N-ethyl adjacent to an activating group) is 1. The number of piperidine rings is 1. The normalized spacial score (nSPS) is 21.1. The predicted molar refractivity (Wildman–Crippen MR) is 104 cm³/mol. The summed E-state index contributed by atoms with van der Waals surface area (Å²) in [4.78, 5) is 9.78. The first-order valence-corrected chi connectivity index (χ1v) is 8.39. The van der Waals surface area contributed by atoms with Crippen LogP contribution in [-0.2, 0) is 0 Å². The quantitative estimate of drug-likeness (QED) is 0.415. The molecule has 1 saturated heterocycles. The monoisotopic (exact) mass is 410 g/mol. The summed E-state index contributed by atoms with van der Waals surface area (Å²) >= 11 is 0. The summed E-state index contributed by atoms with van der Waals surface area (Å²) < 4.78 is 0. The first-order chi connectivity index (χ1) is 9.62. The molecule has 0 aliphatic carbocycles. The molecule has 1 fully saturated rings. The van der Waals surface area contributed by atoms with Gasteiger partial charge in [-0.3, -0.25) is 9.89 Å². The minimum absolute atomic E-state index is 0. The zero-order chi connectivity index (χ0) is 15.0. The molecule has 1 aliphatic heterocycles. The number of hydrogen-bond donors (Lipinski definition) is 1. The summed E-state index contributed by atoms with van der Waals surface area (Å²) in [5.41, 5.74) is 0. The topological polar surface area (TPSA) is 30.9 Å². The minimum Gasteiger partial charge on any atom is -0.357 e. The molecule has 0 aromatic carbocycles. The van der Waals surface area contributed by atoms with E-state index in [2.05, 4.69) is 49.7 Å². The van der Waals surface area contributed by atoms with Gasteiger partial charge in [0.15, 0.2) is 5.96 Å². The number of guanidine groups is 1. The van der Waals surface area contributed by atoms with Gasteiger partial charge in [0.2, 0.25) is 0 Å². The van der Waals surface area contributed by atoms with E-state index >= 15 is 0 Å². The van der Waals surface area contributed by atoms with Crippen LogP contribution in [0.4, 0.5) is 0 Å². The highest BCUT2D eigenvalue weighted by molar-refractivity contribution is 14.0. The number of nitrogens with zero attached hydrogens (tertiary/aromatic N) is 3. The van der Waals surface area contributed by atoms with Gasteiger partial charge in [-0.15, -0.1) is 24.0 Å². The van der Waals surface area contributed by atoms with E-state index in [1.807, 2.05) is 0 Å². The van der Waals surface area contributed by atoms with Crippen molar-refractivity contribution in [1.29, 1.82) is 0 Å². The SMILES string of the molecule is CCNC(=NCC(C)N(CC)CC)N1CCCC(C)C1.I. The number of rotatable bonds is 6. The first-order valence-electron chi connectivity index (χ1n) is 8.39. The Labute approximate surface area is 148 Å². The molecule has 126 valence electrons. The molecule has 5 heteroatoms. The Bertz CT molecular complexity index is 292. The van der Waals surface area contributed by atoms with Crippen LogP contribution in [0.1, 0.15) is 47.5 Å². The number of halogens is 1. The van der Waals surface area contributed by atoms with E-state index in [4.69, 9.17) is 4.99 Å². The van der Waals surface area contributed by atoms with Crippen LogP contribution >= 0.6 is 24.0 Å². The molecule has 0 spiro atoms. The number of aliphatic imine (C=N–C) groups is 1. The lowest BCUT2D eigenvalue weighted by Gasteiger charge is -2.34. The maximum Gasteiger partial charge on any atom is 0.193 e. The van der Waals surface area contributed by atoms with Crippen molar-refractivity contribution in [3.05, 3.63) is 0 Å². The van der Waals surface area contributed by atoms with E-state index in [0.29, 0.717) is 6.04 Å². The van der Waals surface area contributed by atoms with Gasteiger partial charge in [0.25, 0.3) is 0 Å². The molecule has 1 heterocycles. The minimum atomic E-state index is 0. The maximum atomic E-state index is 4.88. The molecule has 2 atom stereocenters. The van der Waals surface area contributed by atoms with Gasteiger partial charge in [-0.1, -0.05) is 20.8 Å². The van der Waals surface area contributed by atoms with Crippen LogP contribution in [0.25, 0.3) is 0 Å². The summed E-state index contributed by atoms with van der Waals surface area (Å²) in [6.45, 7) is 17.5. The molecule has 0 amide bonds. The second-order valence-corrected chi connectivity index (χ2v) is 5.96. The Kier molecular flexibility index (Phi) is 11.5. The van der Waals surface area contributed by atoms with Crippen molar-refractivity contribution < 1.29 is 0 Å². The molecule has 2 unspecified atom stereocenters. The van der Waals surface area contributed by atoms with Gasteiger partial charge in [0.05, 0.1) is 6.54 Å². The van der Waals surface area contributed by atoms with Gasteiger partial charge < -0.3 is 10.2 Å². The summed E-state index contributed by atoms with van der Waals surface area (Å²) in [5.74, 6) is 1.89. The fraction of sp³-hybridized carbons (Fsp3) is 0.938. The van der Waals surface area contributed by atoms with Gasteiger partial charge in [-0.2, -0.15) is 0 Å². The molecule has 1 rings (SSSR count). The molecule has 1 aliphatic rings. The third-order valence-electron chi connectivity index (χ3n) is 4.23. The fourth-order valence-corrected chi connectivity index (χ4v) is 2.99. The van der Waals surface area contributed by atoms with Gasteiger partial charge in [0, 0.05) is 25.7 Å². The zero-order valence-electron chi connectivity index (χ0n) is 14.6. The molecular formula is C16H35IN4. The van der Waals surface area contributed by atoms with Crippen LogP contribution in [0.15, 0.2) is 4.99 Å². The molecule has 4 nitrogen and oxygen atoms in total. The maximum absolute atomic E-state index is 4.88. The average Bonchev–Trinajstić information content (AvgIpc) is 2.44. The van der Waals surface area contributed by atoms with E-state index in [-0.39, 0.29) is 24.0 Å². The molecular weight excluding hydrogens is 375 g/mol. The fourth-order valence-electron chi connectivity index (χ4n) is 2.99. The van der Waals surface area contributed by atoms with Crippen LogP contribution in [0.2, 0.25) is 0 Å². The van der Waals surface area contributed by atoms with E-state index in [1.54, 1.807) is 0 Å². The third-order valence-corrected chi connectivity index (χ3v) is 4.23. The van der Waals surface area contributed by atoms with Crippen molar-refractivity contribution in [3.8, 4) is 0 Å². The molecule has 21 heavy (non-hydrogen) atoms. The Morgan fingerprint density at radius 1 is 1.33 bits per heavy atom. The highest BCUT2D eigenvalue weighted by Crippen LogP contribution is 2.15. The van der Waals surface area contributed by atoms with Crippen LogP contribution in [0, 0.1) is 5.92 Å². The Morgan fingerprint density at radius 2 is 2.00 bits per heavy atom. The Balaban J connectivity index is 0.00000400. The summed E-state index contributed by atoms with van der Waals surface area (Å²) in [5, 5.41) is 3.46. The van der Waals surface area contributed by atoms with Gasteiger partial charge in [0.1, 0.15) is 0 Å². The third kappa shape index (κ3) is 7.17. The first kappa shape index (κ1) is 21.0. The Morgan fingerprint density at radius 3 is 2.52 bits per heavy atom. The molecule has 0 saturated carbocycles. The smallest absolute Gasteiger partial charge is 0.193 e. The van der Waals surface area contributed by atoms with Crippen molar-refractivity contribution in [3.63, 3.8) is 0 Å². The van der Waals surface area contributed by atoms with Crippen molar-refractivity contribution >= 4 is 29.9 Å². The lowest BCUT2D eigenvalue weighted by Crippen LogP contribution is -2.47. The summed E-state index contributed by atoms with van der Waals surface area (Å²) in [6, 6.07) is 0.515. The number of nitrogens with one attached hydrogen (secondary N) is 1. The second kappa shape index (κ2) is 11.5. The van der Waals surface area contributed by atoms with Gasteiger partial charge >= 0.3 is 0 Å². The van der Waals surface area contributed by atoms with E-state index < -0.39 is 0 Å². The van der Waals surface area contributed by atoms with Crippen LogP contribution in [0.3, 0.4) is 0 Å². The van der Waals surface area contributed by atoms with Crippen LogP contribution in [-0.4, -0.2) is 61.1 Å². The molecule has 0 aromatic heterocycles. The van der Waals surface area contributed by atoms with Crippen molar-refractivity contribution in [2.45, 2.75) is 53.5 Å². The second-order valence-electron chi connectivity index (χ2n) is 5.96. The number of likely N-dealkylation sites (tertiary alicyclic amines) is 1. The molecule has 0 radical (unpaired) electrons. The lowest BCUT2D eigenvalue weighted by molar-refractivity contribution is 0.234. The van der Waals surface area contributed by atoms with Crippen molar-refractivity contribution in [2.24, 2.45) is 10.9 Å². The highest BCUT2D eigenvalue weighted by Gasteiger charge is 2.19. The van der Waals surface area contributed by atoms with E-state index in [9.17, 15) is 0 Å². The molecule has 1 N–H and O–H groups in total. The van der Waals surface area contributed by atoms with Crippen molar-refractivity contribution in [1.82, 2.24) is 15.1 Å². The van der Waals surface area contributed by atoms with Gasteiger partial charge in [-0.25, -0.2) is 0 Å². The van der Waals surface area contributed by atoms with E-state index in [1.165, 1.54) is 12.8 Å². The van der Waals surface area contributed by atoms with Crippen LogP contribution in [0.5, 0.6) is 0 Å². The molecule has 0 aromatic rings. The average molecular weight is 410 g/mol. The summed E-state index contributed by atoms with van der Waals surface area (Å²) in [6.07, 6.45) is 2.64. The van der Waals surface area contributed by atoms with Crippen molar-refractivity contribution in [2.75, 3.05) is 39.3 Å². The molecule has 0 bridgehead atoms. The van der Waals surface area contributed by atoms with Crippen LogP contribution < -0.4 is 5.32 Å². The largest absolute Gasteiger partial charge is 0.357 e. The lowest BCUT2D eigenvalue weighted by atomic mass is 10.0. The van der Waals surface area contributed by atoms with Gasteiger partial charge in [-0.05, 0) is 45.7 Å². The predicted octanol–water partition coefficient (Wildman–Crippen LogP) is 3.03. The Hall–Kier alpha value is -0.0400.